The SMILES string of the molecule is CNC(=O)CCC1CCCCC1.Cc1cccc2c1CCN(C)C2. The fourth-order valence-electron chi connectivity index (χ4n) is 3.88. The summed E-state index contributed by atoms with van der Waals surface area (Å²) in [4.78, 5) is 13.3. The Morgan fingerprint density at radius 2 is 2.00 bits per heavy atom. The predicted octanol–water partition coefficient (Wildman–Crippen LogP) is 4.08. The maximum atomic E-state index is 10.9. The number of fused-ring (bicyclic) bond motifs is 1. The molecule has 0 radical (unpaired) electrons. The summed E-state index contributed by atoms with van der Waals surface area (Å²) in [5.41, 5.74) is 4.56. The van der Waals surface area contributed by atoms with Crippen molar-refractivity contribution in [1.82, 2.24) is 10.2 Å². The molecule has 0 aromatic heterocycles. The highest BCUT2D eigenvalue weighted by atomic mass is 16.1. The molecular formula is C21H34N2O. The van der Waals surface area contributed by atoms with E-state index in [-0.39, 0.29) is 5.91 Å². The Morgan fingerprint density at radius 3 is 2.71 bits per heavy atom. The van der Waals surface area contributed by atoms with Crippen molar-refractivity contribution in [1.29, 1.82) is 0 Å². The van der Waals surface area contributed by atoms with Gasteiger partial charge in [-0.05, 0) is 49.4 Å². The number of carbonyl (C=O) groups excluding carboxylic acids is 1. The highest BCUT2D eigenvalue weighted by Crippen LogP contribution is 2.27. The molecule has 0 spiro atoms. The highest BCUT2D eigenvalue weighted by Gasteiger charge is 2.14. The number of hydrogen-bond acceptors (Lipinski definition) is 2. The summed E-state index contributed by atoms with van der Waals surface area (Å²) in [7, 11) is 3.90. The van der Waals surface area contributed by atoms with Gasteiger partial charge < -0.3 is 10.2 Å². The molecule has 1 amide bonds. The van der Waals surface area contributed by atoms with Gasteiger partial charge >= 0.3 is 0 Å². The summed E-state index contributed by atoms with van der Waals surface area (Å²) in [6.45, 7) is 4.54. The second-order valence-corrected chi connectivity index (χ2v) is 7.42. The number of amides is 1. The van der Waals surface area contributed by atoms with Gasteiger partial charge in [0.15, 0.2) is 0 Å². The Bertz CT molecular complexity index is 521. The molecule has 0 unspecified atom stereocenters. The molecule has 1 aliphatic heterocycles. The van der Waals surface area contributed by atoms with Gasteiger partial charge in [0.1, 0.15) is 0 Å². The third kappa shape index (κ3) is 5.94. The first-order valence-electron chi connectivity index (χ1n) is 9.56. The summed E-state index contributed by atoms with van der Waals surface area (Å²) >= 11 is 0. The molecule has 1 aromatic rings. The van der Waals surface area contributed by atoms with Gasteiger partial charge in [-0.3, -0.25) is 4.79 Å². The smallest absolute Gasteiger partial charge is 0.219 e. The van der Waals surface area contributed by atoms with Crippen LogP contribution in [0.2, 0.25) is 0 Å². The van der Waals surface area contributed by atoms with Crippen LogP contribution < -0.4 is 5.32 Å². The van der Waals surface area contributed by atoms with Gasteiger partial charge in [-0.25, -0.2) is 0 Å². The maximum Gasteiger partial charge on any atom is 0.219 e. The van der Waals surface area contributed by atoms with Crippen molar-refractivity contribution in [3.63, 3.8) is 0 Å². The Hall–Kier alpha value is -1.35. The monoisotopic (exact) mass is 330 g/mol. The van der Waals surface area contributed by atoms with Gasteiger partial charge in [0, 0.05) is 26.6 Å². The molecule has 0 bridgehead atoms. The van der Waals surface area contributed by atoms with E-state index >= 15 is 0 Å². The van der Waals surface area contributed by atoms with E-state index in [1.165, 1.54) is 56.2 Å². The lowest BCUT2D eigenvalue weighted by Crippen LogP contribution is -2.26. The summed E-state index contributed by atoms with van der Waals surface area (Å²) in [5, 5.41) is 2.67. The number of aryl methyl sites for hydroxylation is 1. The minimum absolute atomic E-state index is 0.195. The molecule has 1 N–H and O–H groups in total. The number of benzene rings is 1. The standard InChI is InChI=1S/C11H15N.C10H19NO/c1-9-4-3-5-10-8-12(2)7-6-11(9)10;1-11-10(12)8-7-9-5-3-2-4-6-9/h3-5H,6-8H2,1-2H3;9H,2-8H2,1H3,(H,11,12). The van der Waals surface area contributed by atoms with Crippen LogP contribution >= 0.6 is 0 Å². The van der Waals surface area contributed by atoms with Gasteiger partial charge in [-0.15, -0.1) is 0 Å². The van der Waals surface area contributed by atoms with Crippen LogP contribution in [0.5, 0.6) is 0 Å². The van der Waals surface area contributed by atoms with Crippen molar-refractivity contribution in [2.24, 2.45) is 5.92 Å². The first-order valence-corrected chi connectivity index (χ1v) is 9.56. The van der Waals surface area contributed by atoms with Crippen LogP contribution in [0, 0.1) is 12.8 Å². The molecule has 1 aromatic carbocycles. The van der Waals surface area contributed by atoms with Gasteiger partial charge in [0.2, 0.25) is 5.91 Å². The molecule has 0 saturated heterocycles. The zero-order valence-electron chi connectivity index (χ0n) is 15.7. The van der Waals surface area contributed by atoms with Crippen LogP contribution in [0.4, 0.5) is 0 Å². The molecule has 2 aliphatic rings. The minimum atomic E-state index is 0.195. The fraction of sp³-hybridized carbons (Fsp3) is 0.667. The van der Waals surface area contributed by atoms with Gasteiger partial charge in [0.25, 0.3) is 0 Å². The second-order valence-electron chi connectivity index (χ2n) is 7.42. The van der Waals surface area contributed by atoms with E-state index in [2.05, 4.69) is 42.4 Å². The first kappa shape index (κ1) is 19.0. The van der Waals surface area contributed by atoms with E-state index in [9.17, 15) is 4.79 Å². The fourth-order valence-corrected chi connectivity index (χ4v) is 3.88. The molecule has 1 heterocycles. The maximum absolute atomic E-state index is 10.9. The zero-order chi connectivity index (χ0) is 17.4. The quantitative estimate of drug-likeness (QED) is 0.906. The van der Waals surface area contributed by atoms with Gasteiger partial charge in [-0.2, -0.15) is 0 Å². The van der Waals surface area contributed by atoms with Crippen LogP contribution in [0.1, 0.15) is 61.6 Å². The normalized spacial score (nSPS) is 18.3. The molecule has 1 saturated carbocycles. The summed E-state index contributed by atoms with van der Waals surface area (Å²) in [6, 6.07) is 6.62. The molecule has 24 heavy (non-hydrogen) atoms. The van der Waals surface area contributed by atoms with Crippen LogP contribution in [-0.4, -0.2) is 31.4 Å². The molecular weight excluding hydrogens is 296 g/mol. The molecule has 3 heteroatoms. The van der Waals surface area contributed by atoms with E-state index in [1.807, 2.05) is 0 Å². The highest BCUT2D eigenvalue weighted by molar-refractivity contribution is 5.75. The molecule has 0 atom stereocenters. The number of nitrogens with one attached hydrogen (secondary N) is 1. The van der Waals surface area contributed by atoms with Gasteiger partial charge in [0.05, 0.1) is 0 Å². The van der Waals surface area contributed by atoms with Crippen molar-refractivity contribution in [2.45, 2.75) is 64.8 Å². The summed E-state index contributed by atoms with van der Waals surface area (Å²) in [6.07, 6.45) is 9.88. The number of likely N-dealkylation sites (N-methyl/N-ethyl adjacent to an activating group) is 1. The van der Waals surface area contributed by atoms with E-state index in [0.717, 1.165) is 25.3 Å². The van der Waals surface area contributed by atoms with Crippen LogP contribution in [0.25, 0.3) is 0 Å². The predicted molar refractivity (Wildman–Crippen MR) is 101 cm³/mol. The lowest BCUT2D eigenvalue weighted by Gasteiger charge is -2.25. The van der Waals surface area contributed by atoms with Crippen molar-refractivity contribution in [2.75, 3.05) is 20.6 Å². The second kappa shape index (κ2) is 9.83. The molecule has 1 fully saturated rings. The van der Waals surface area contributed by atoms with Crippen molar-refractivity contribution in [3.05, 3.63) is 34.9 Å². The lowest BCUT2D eigenvalue weighted by atomic mass is 9.86. The largest absolute Gasteiger partial charge is 0.359 e. The molecule has 3 rings (SSSR count). The number of nitrogens with zero attached hydrogens (tertiary/aromatic N) is 1. The van der Waals surface area contributed by atoms with Crippen molar-refractivity contribution in [3.8, 4) is 0 Å². The third-order valence-electron chi connectivity index (χ3n) is 5.47. The number of hydrogen-bond donors (Lipinski definition) is 1. The van der Waals surface area contributed by atoms with E-state index in [1.54, 1.807) is 12.6 Å². The summed E-state index contributed by atoms with van der Waals surface area (Å²) < 4.78 is 0. The van der Waals surface area contributed by atoms with Crippen molar-refractivity contribution >= 4 is 5.91 Å². The Kier molecular flexibility index (Phi) is 7.77. The number of rotatable bonds is 3. The van der Waals surface area contributed by atoms with Crippen molar-refractivity contribution < 1.29 is 4.79 Å². The Labute approximate surface area is 147 Å². The van der Waals surface area contributed by atoms with Crippen LogP contribution in [-0.2, 0) is 17.8 Å². The van der Waals surface area contributed by atoms with E-state index in [4.69, 9.17) is 0 Å². The Morgan fingerprint density at radius 1 is 1.25 bits per heavy atom. The van der Waals surface area contributed by atoms with Gasteiger partial charge in [-0.1, -0.05) is 50.3 Å². The van der Waals surface area contributed by atoms with Crippen LogP contribution in [0.15, 0.2) is 18.2 Å². The van der Waals surface area contributed by atoms with Crippen LogP contribution in [0.3, 0.4) is 0 Å². The van der Waals surface area contributed by atoms with E-state index < -0.39 is 0 Å². The average molecular weight is 331 g/mol. The Balaban J connectivity index is 0.000000174. The van der Waals surface area contributed by atoms with E-state index in [0.29, 0.717) is 0 Å². The number of carbonyl (C=O) groups is 1. The first-order chi connectivity index (χ1) is 11.6. The average Bonchev–Trinajstić information content (AvgIpc) is 2.61. The minimum Gasteiger partial charge on any atom is -0.359 e. The zero-order valence-corrected chi connectivity index (χ0v) is 15.7. The topological polar surface area (TPSA) is 32.3 Å². The molecule has 134 valence electrons. The third-order valence-corrected chi connectivity index (χ3v) is 5.47. The summed E-state index contributed by atoms with van der Waals surface area (Å²) in [5.74, 6) is 1.02. The molecule has 1 aliphatic carbocycles. The lowest BCUT2D eigenvalue weighted by molar-refractivity contribution is -0.120. The molecule has 3 nitrogen and oxygen atoms in total.